The first-order valence-corrected chi connectivity index (χ1v) is 7.02. The third kappa shape index (κ3) is 2.51. The van der Waals surface area contributed by atoms with Crippen LogP contribution in [0, 0.1) is 5.92 Å². The van der Waals surface area contributed by atoms with Gasteiger partial charge in [0.1, 0.15) is 23.6 Å². The van der Waals surface area contributed by atoms with E-state index in [1.165, 1.54) is 0 Å². The molecule has 1 aliphatic rings. The second kappa shape index (κ2) is 5.58. The van der Waals surface area contributed by atoms with Gasteiger partial charge in [0.05, 0.1) is 11.9 Å². The molecule has 1 saturated heterocycles. The molecule has 3 heterocycles. The van der Waals surface area contributed by atoms with Crippen molar-refractivity contribution in [1.29, 1.82) is 0 Å². The van der Waals surface area contributed by atoms with E-state index in [0.717, 1.165) is 42.8 Å². The summed E-state index contributed by atoms with van der Waals surface area (Å²) >= 11 is 0. The highest BCUT2D eigenvalue weighted by molar-refractivity contribution is 5.87. The number of carbonyl (C=O) groups is 1. The fourth-order valence-corrected chi connectivity index (χ4v) is 2.94. The van der Waals surface area contributed by atoms with E-state index in [9.17, 15) is 4.79 Å². The fourth-order valence-electron chi connectivity index (χ4n) is 2.94. The van der Waals surface area contributed by atoms with Crippen LogP contribution in [0.15, 0.2) is 18.6 Å². The Kier molecular flexibility index (Phi) is 3.64. The Morgan fingerprint density at radius 3 is 3.25 bits per heavy atom. The quantitative estimate of drug-likeness (QED) is 0.870. The van der Waals surface area contributed by atoms with Crippen LogP contribution in [0.1, 0.15) is 19.3 Å². The molecule has 0 aromatic carbocycles. The zero-order valence-corrected chi connectivity index (χ0v) is 11.4. The van der Waals surface area contributed by atoms with E-state index in [0.29, 0.717) is 12.3 Å². The number of anilines is 1. The van der Waals surface area contributed by atoms with Crippen molar-refractivity contribution in [1.82, 2.24) is 15.0 Å². The molecule has 0 radical (unpaired) electrons. The molecule has 0 saturated carbocycles. The number of hydrogen-bond donors (Lipinski definition) is 2. The van der Waals surface area contributed by atoms with Gasteiger partial charge in [0.15, 0.2) is 0 Å². The molecule has 0 spiro atoms. The SMILES string of the molecule is NCC(=O)CC1CCCN(c2ncnc3[nH]ccc23)C1. The topological polar surface area (TPSA) is 87.9 Å². The van der Waals surface area contributed by atoms with E-state index >= 15 is 0 Å². The number of hydrogen-bond acceptors (Lipinski definition) is 5. The van der Waals surface area contributed by atoms with Crippen LogP contribution >= 0.6 is 0 Å². The van der Waals surface area contributed by atoms with E-state index in [-0.39, 0.29) is 12.3 Å². The first-order chi connectivity index (χ1) is 9.78. The molecule has 106 valence electrons. The average molecular weight is 273 g/mol. The highest BCUT2D eigenvalue weighted by atomic mass is 16.1. The highest BCUT2D eigenvalue weighted by Crippen LogP contribution is 2.28. The predicted molar refractivity (Wildman–Crippen MR) is 77.5 cm³/mol. The van der Waals surface area contributed by atoms with Crippen LogP contribution in [-0.4, -0.2) is 40.4 Å². The Bertz CT molecular complexity index is 608. The van der Waals surface area contributed by atoms with Gasteiger partial charge >= 0.3 is 0 Å². The summed E-state index contributed by atoms with van der Waals surface area (Å²) in [4.78, 5) is 25.5. The number of piperidine rings is 1. The van der Waals surface area contributed by atoms with Gasteiger partial charge in [-0.05, 0) is 24.8 Å². The molecule has 3 rings (SSSR count). The molecular formula is C14H19N5O. The Balaban J connectivity index is 1.79. The number of ketones is 1. The molecule has 1 aliphatic heterocycles. The Labute approximate surface area is 117 Å². The minimum absolute atomic E-state index is 0.145. The number of Topliss-reactive ketones (excluding diaryl/α,β-unsaturated/α-hetero) is 1. The molecular weight excluding hydrogens is 254 g/mol. The molecule has 2 aromatic rings. The number of rotatable bonds is 4. The van der Waals surface area contributed by atoms with E-state index in [1.807, 2.05) is 12.3 Å². The van der Waals surface area contributed by atoms with Gasteiger partial charge in [0, 0.05) is 25.7 Å². The lowest BCUT2D eigenvalue weighted by atomic mass is 9.93. The number of aromatic amines is 1. The summed E-state index contributed by atoms with van der Waals surface area (Å²) in [6, 6.07) is 2.00. The number of aromatic nitrogens is 3. The van der Waals surface area contributed by atoms with Gasteiger partial charge in [0.2, 0.25) is 0 Å². The monoisotopic (exact) mass is 273 g/mol. The molecule has 1 fully saturated rings. The molecule has 20 heavy (non-hydrogen) atoms. The summed E-state index contributed by atoms with van der Waals surface area (Å²) in [5.74, 6) is 1.48. The summed E-state index contributed by atoms with van der Waals surface area (Å²) in [6.07, 6.45) is 6.21. The van der Waals surface area contributed by atoms with Gasteiger partial charge in [-0.1, -0.05) is 0 Å². The van der Waals surface area contributed by atoms with E-state index < -0.39 is 0 Å². The Morgan fingerprint density at radius 2 is 2.40 bits per heavy atom. The number of carbonyl (C=O) groups excluding carboxylic acids is 1. The van der Waals surface area contributed by atoms with Crippen LogP contribution in [0.3, 0.4) is 0 Å². The van der Waals surface area contributed by atoms with Gasteiger partial charge in [0.25, 0.3) is 0 Å². The van der Waals surface area contributed by atoms with E-state index in [4.69, 9.17) is 5.73 Å². The maximum atomic E-state index is 11.5. The first-order valence-electron chi connectivity index (χ1n) is 7.02. The van der Waals surface area contributed by atoms with Gasteiger partial charge in [-0.25, -0.2) is 9.97 Å². The zero-order chi connectivity index (χ0) is 13.9. The van der Waals surface area contributed by atoms with Crippen molar-refractivity contribution in [3.63, 3.8) is 0 Å². The van der Waals surface area contributed by atoms with Crippen molar-refractivity contribution >= 4 is 22.6 Å². The number of nitrogens with zero attached hydrogens (tertiary/aromatic N) is 3. The lowest BCUT2D eigenvalue weighted by molar-refractivity contribution is -0.118. The number of H-pyrrole nitrogens is 1. The highest BCUT2D eigenvalue weighted by Gasteiger charge is 2.24. The minimum atomic E-state index is 0.145. The maximum Gasteiger partial charge on any atom is 0.146 e. The standard InChI is InChI=1S/C14H19N5O/c15-7-11(20)6-10-2-1-5-19(8-10)14-12-3-4-16-13(12)17-9-18-14/h3-4,9-10H,1-2,5-8,15H2,(H,16,17,18). The van der Waals surface area contributed by atoms with Crippen molar-refractivity contribution < 1.29 is 4.79 Å². The van der Waals surface area contributed by atoms with E-state index in [1.54, 1.807) is 6.33 Å². The summed E-state index contributed by atoms with van der Waals surface area (Å²) in [6.45, 7) is 1.99. The van der Waals surface area contributed by atoms with Crippen LogP contribution < -0.4 is 10.6 Å². The molecule has 6 heteroatoms. The Morgan fingerprint density at radius 1 is 1.50 bits per heavy atom. The lowest BCUT2D eigenvalue weighted by Gasteiger charge is -2.33. The van der Waals surface area contributed by atoms with Crippen LogP contribution in [0.4, 0.5) is 5.82 Å². The van der Waals surface area contributed by atoms with E-state index in [2.05, 4.69) is 19.9 Å². The second-order valence-electron chi connectivity index (χ2n) is 5.34. The third-order valence-electron chi connectivity index (χ3n) is 3.90. The van der Waals surface area contributed by atoms with Crippen LogP contribution in [0.5, 0.6) is 0 Å². The smallest absolute Gasteiger partial charge is 0.146 e. The van der Waals surface area contributed by atoms with Crippen molar-refractivity contribution in [3.05, 3.63) is 18.6 Å². The van der Waals surface area contributed by atoms with Crippen LogP contribution in [-0.2, 0) is 4.79 Å². The zero-order valence-electron chi connectivity index (χ0n) is 11.4. The van der Waals surface area contributed by atoms with Crippen molar-refractivity contribution in [2.45, 2.75) is 19.3 Å². The molecule has 0 bridgehead atoms. The first kappa shape index (κ1) is 13.1. The third-order valence-corrected chi connectivity index (χ3v) is 3.90. The molecule has 0 aliphatic carbocycles. The fraction of sp³-hybridized carbons (Fsp3) is 0.500. The Hall–Kier alpha value is -1.95. The maximum absolute atomic E-state index is 11.5. The molecule has 1 unspecified atom stereocenters. The van der Waals surface area contributed by atoms with Gasteiger partial charge in [-0.2, -0.15) is 0 Å². The summed E-state index contributed by atoms with van der Waals surface area (Å²) in [7, 11) is 0. The minimum Gasteiger partial charge on any atom is -0.356 e. The molecule has 1 atom stereocenters. The number of nitrogens with two attached hydrogens (primary N) is 1. The summed E-state index contributed by atoms with van der Waals surface area (Å²) < 4.78 is 0. The molecule has 3 N–H and O–H groups in total. The van der Waals surface area contributed by atoms with Gasteiger partial charge < -0.3 is 15.6 Å². The predicted octanol–water partition coefficient (Wildman–Crippen LogP) is 1.09. The van der Waals surface area contributed by atoms with Crippen molar-refractivity contribution in [2.75, 3.05) is 24.5 Å². The van der Waals surface area contributed by atoms with Crippen molar-refractivity contribution in [2.24, 2.45) is 11.7 Å². The van der Waals surface area contributed by atoms with Crippen molar-refractivity contribution in [3.8, 4) is 0 Å². The number of nitrogens with one attached hydrogen (secondary N) is 1. The second-order valence-corrected chi connectivity index (χ2v) is 5.34. The van der Waals surface area contributed by atoms with Crippen LogP contribution in [0.2, 0.25) is 0 Å². The molecule has 2 aromatic heterocycles. The molecule has 0 amide bonds. The number of fused-ring (bicyclic) bond motifs is 1. The molecule has 6 nitrogen and oxygen atoms in total. The summed E-state index contributed by atoms with van der Waals surface area (Å²) in [5.41, 5.74) is 6.26. The normalized spacial score (nSPS) is 19.4. The average Bonchev–Trinajstić information content (AvgIpc) is 2.95. The van der Waals surface area contributed by atoms with Gasteiger partial charge in [-0.3, -0.25) is 4.79 Å². The lowest BCUT2D eigenvalue weighted by Crippen LogP contribution is -2.37. The summed E-state index contributed by atoms with van der Waals surface area (Å²) in [5, 5.41) is 1.04. The van der Waals surface area contributed by atoms with Crippen LogP contribution in [0.25, 0.3) is 11.0 Å². The largest absolute Gasteiger partial charge is 0.356 e. The van der Waals surface area contributed by atoms with Gasteiger partial charge in [-0.15, -0.1) is 0 Å².